The van der Waals surface area contributed by atoms with Crippen molar-refractivity contribution in [2.45, 2.75) is 12.2 Å². The molecule has 0 aliphatic rings. The van der Waals surface area contributed by atoms with Crippen molar-refractivity contribution in [3.63, 3.8) is 0 Å². The number of H-pyrrole nitrogens is 1. The normalized spacial score (nSPS) is 15.1. The number of aromatic nitrogens is 2. The second kappa shape index (κ2) is 3.21. The van der Waals surface area contributed by atoms with E-state index < -0.39 is 12.2 Å². The minimum Gasteiger partial charge on any atom is -0.383 e. The maximum absolute atomic E-state index is 9.20. The molecule has 1 rings (SSSR count). The first-order chi connectivity index (χ1) is 5.65. The maximum Gasteiger partial charge on any atom is 0.171 e. The summed E-state index contributed by atoms with van der Waals surface area (Å²) in [5.74, 6) is 0.203. The van der Waals surface area contributed by atoms with Crippen LogP contribution in [0.2, 0.25) is 0 Å². The molecular formula is C6H8N4O2. The molecule has 12 heavy (non-hydrogen) atoms. The molecule has 0 spiro atoms. The summed E-state index contributed by atoms with van der Waals surface area (Å²) in [6.45, 7) is 0. The molecule has 0 saturated heterocycles. The average molecular weight is 168 g/mol. The molecule has 1 aromatic heterocycles. The lowest BCUT2D eigenvalue weighted by atomic mass is 10.1. The second-order valence-electron chi connectivity index (χ2n) is 2.27. The molecular weight excluding hydrogens is 160 g/mol. The van der Waals surface area contributed by atoms with Crippen LogP contribution in [0.25, 0.3) is 0 Å². The molecule has 0 radical (unpaired) electrons. The Labute approximate surface area is 68.2 Å². The molecule has 0 fully saturated rings. The van der Waals surface area contributed by atoms with Crippen LogP contribution in [0.4, 0.5) is 5.82 Å². The molecule has 0 saturated carbocycles. The van der Waals surface area contributed by atoms with E-state index in [2.05, 4.69) is 10.2 Å². The van der Waals surface area contributed by atoms with Gasteiger partial charge in [0.05, 0.1) is 11.8 Å². The molecule has 0 aliphatic heterocycles. The van der Waals surface area contributed by atoms with E-state index in [0.29, 0.717) is 0 Å². The zero-order valence-electron chi connectivity index (χ0n) is 6.10. The summed E-state index contributed by atoms with van der Waals surface area (Å²) < 4.78 is 0. The highest BCUT2D eigenvalue weighted by atomic mass is 16.3. The number of nitrogens with one attached hydrogen (secondary N) is 1. The number of nitriles is 1. The first kappa shape index (κ1) is 8.52. The van der Waals surface area contributed by atoms with Gasteiger partial charge in [-0.25, -0.2) is 0 Å². The number of anilines is 1. The lowest BCUT2D eigenvalue weighted by molar-refractivity contribution is 0.0498. The zero-order valence-corrected chi connectivity index (χ0v) is 6.10. The number of aliphatic hydroxyl groups excluding tert-OH is 2. The number of aromatic amines is 1. The SMILES string of the molecule is N#CC(O)C(O)c1cc(N)n[nH]1. The van der Waals surface area contributed by atoms with Gasteiger partial charge in [0.15, 0.2) is 6.10 Å². The van der Waals surface area contributed by atoms with E-state index in [1.54, 1.807) is 0 Å². The van der Waals surface area contributed by atoms with E-state index in [0.717, 1.165) is 0 Å². The summed E-state index contributed by atoms with van der Waals surface area (Å²) >= 11 is 0. The van der Waals surface area contributed by atoms with Gasteiger partial charge >= 0.3 is 0 Å². The number of hydrogen-bond acceptors (Lipinski definition) is 5. The highest BCUT2D eigenvalue weighted by Gasteiger charge is 2.19. The van der Waals surface area contributed by atoms with Crippen LogP contribution in [0.5, 0.6) is 0 Å². The summed E-state index contributed by atoms with van der Waals surface area (Å²) in [4.78, 5) is 0. The van der Waals surface area contributed by atoms with Crippen molar-refractivity contribution in [1.82, 2.24) is 10.2 Å². The number of nitrogens with zero attached hydrogens (tertiary/aromatic N) is 2. The molecule has 1 heterocycles. The Hall–Kier alpha value is -1.58. The lowest BCUT2D eigenvalue weighted by Gasteiger charge is -2.07. The molecule has 0 aromatic carbocycles. The van der Waals surface area contributed by atoms with Crippen LogP contribution in [0.15, 0.2) is 6.07 Å². The van der Waals surface area contributed by atoms with Crippen LogP contribution in [0, 0.1) is 11.3 Å². The van der Waals surface area contributed by atoms with E-state index in [1.165, 1.54) is 12.1 Å². The summed E-state index contributed by atoms with van der Waals surface area (Å²) in [6, 6.07) is 2.84. The number of nitrogens with two attached hydrogens (primary N) is 1. The Morgan fingerprint density at radius 1 is 1.67 bits per heavy atom. The van der Waals surface area contributed by atoms with Crippen LogP contribution in [-0.2, 0) is 0 Å². The number of hydrogen-bond donors (Lipinski definition) is 4. The van der Waals surface area contributed by atoms with Crippen molar-refractivity contribution < 1.29 is 10.2 Å². The Bertz CT molecular complexity index is 303. The molecule has 0 bridgehead atoms. The van der Waals surface area contributed by atoms with Gasteiger partial charge in [0, 0.05) is 6.07 Å². The third kappa shape index (κ3) is 1.53. The summed E-state index contributed by atoms with van der Waals surface area (Å²) in [6.07, 6.45) is -2.76. The number of rotatable bonds is 2. The third-order valence-corrected chi connectivity index (χ3v) is 1.37. The van der Waals surface area contributed by atoms with Crippen LogP contribution < -0.4 is 5.73 Å². The topological polar surface area (TPSA) is 119 Å². The van der Waals surface area contributed by atoms with Crippen LogP contribution in [-0.4, -0.2) is 26.5 Å². The summed E-state index contributed by atoms with van der Waals surface area (Å²) in [5.41, 5.74) is 5.46. The Balaban J connectivity index is 2.79. The highest BCUT2D eigenvalue weighted by Crippen LogP contribution is 2.15. The molecule has 6 heteroatoms. The molecule has 0 aliphatic carbocycles. The number of nitrogen functional groups attached to an aromatic ring is 1. The van der Waals surface area contributed by atoms with E-state index >= 15 is 0 Å². The smallest absolute Gasteiger partial charge is 0.171 e. The van der Waals surface area contributed by atoms with Gasteiger partial charge in [-0.1, -0.05) is 0 Å². The monoisotopic (exact) mass is 168 g/mol. The van der Waals surface area contributed by atoms with Gasteiger partial charge in [-0.05, 0) is 0 Å². The standard InChI is InChI=1S/C6H8N4O2/c7-2-4(11)6(12)3-1-5(8)10-9-3/h1,4,6,11-12H,(H3,8,9,10). The van der Waals surface area contributed by atoms with Crippen molar-refractivity contribution in [2.24, 2.45) is 0 Å². The van der Waals surface area contributed by atoms with E-state index in [-0.39, 0.29) is 11.5 Å². The Morgan fingerprint density at radius 3 is 2.75 bits per heavy atom. The van der Waals surface area contributed by atoms with Crippen molar-refractivity contribution in [1.29, 1.82) is 5.26 Å². The maximum atomic E-state index is 9.20. The van der Waals surface area contributed by atoms with Crippen molar-refractivity contribution in [2.75, 3.05) is 5.73 Å². The predicted molar refractivity (Wildman–Crippen MR) is 39.6 cm³/mol. The highest BCUT2D eigenvalue weighted by molar-refractivity contribution is 5.30. The summed E-state index contributed by atoms with van der Waals surface area (Å²) in [7, 11) is 0. The minimum absolute atomic E-state index is 0.203. The quantitative estimate of drug-likeness (QED) is 0.418. The largest absolute Gasteiger partial charge is 0.383 e. The van der Waals surface area contributed by atoms with Crippen LogP contribution in [0.3, 0.4) is 0 Å². The fourth-order valence-electron chi connectivity index (χ4n) is 0.745. The lowest BCUT2D eigenvalue weighted by Crippen LogP contribution is -2.15. The van der Waals surface area contributed by atoms with Gasteiger partial charge in [0.1, 0.15) is 11.9 Å². The zero-order chi connectivity index (χ0) is 9.14. The van der Waals surface area contributed by atoms with Gasteiger partial charge in [0.2, 0.25) is 0 Å². The van der Waals surface area contributed by atoms with Crippen LogP contribution in [0.1, 0.15) is 11.8 Å². The third-order valence-electron chi connectivity index (χ3n) is 1.37. The van der Waals surface area contributed by atoms with Crippen LogP contribution >= 0.6 is 0 Å². The first-order valence-electron chi connectivity index (χ1n) is 3.21. The molecule has 2 atom stereocenters. The minimum atomic E-state index is -1.47. The first-order valence-corrected chi connectivity index (χ1v) is 3.21. The average Bonchev–Trinajstić information content (AvgIpc) is 2.49. The second-order valence-corrected chi connectivity index (χ2v) is 2.27. The Kier molecular flexibility index (Phi) is 2.28. The van der Waals surface area contributed by atoms with Gasteiger partial charge in [-0.3, -0.25) is 5.10 Å². The molecule has 2 unspecified atom stereocenters. The predicted octanol–water partition coefficient (Wildman–Crippen LogP) is -1.09. The van der Waals surface area contributed by atoms with Gasteiger partial charge in [-0.2, -0.15) is 10.4 Å². The molecule has 1 aromatic rings. The molecule has 5 N–H and O–H groups in total. The van der Waals surface area contributed by atoms with E-state index in [4.69, 9.17) is 16.1 Å². The van der Waals surface area contributed by atoms with Crippen molar-refractivity contribution >= 4 is 5.82 Å². The summed E-state index contributed by atoms with van der Waals surface area (Å²) in [5, 5.41) is 32.3. The van der Waals surface area contributed by atoms with Gasteiger partial charge in [0.25, 0.3) is 0 Å². The van der Waals surface area contributed by atoms with E-state index in [9.17, 15) is 5.11 Å². The fraction of sp³-hybridized carbons (Fsp3) is 0.333. The Morgan fingerprint density at radius 2 is 2.33 bits per heavy atom. The van der Waals surface area contributed by atoms with Crippen molar-refractivity contribution in [3.8, 4) is 6.07 Å². The molecule has 64 valence electrons. The molecule has 0 amide bonds. The van der Waals surface area contributed by atoms with Gasteiger partial charge in [-0.15, -0.1) is 0 Å². The fourth-order valence-corrected chi connectivity index (χ4v) is 0.745. The molecule has 6 nitrogen and oxygen atoms in total. The van der Waals surface area contributed by atoms with E-state index in [1.807, 2.05) is 0 Å². The number of aliphatic hydroxyl groups is 2. The van der Waals surface area contributed by atoms with Crippen molar-refractivity contribution in [3.05, 3.63) is 11.8 Å². The van der Waals surface area contributed by atoms with Gasteiger partial charge < -0.3 is 15.9 Å².